The number of epoxide rings is 1. The van der Waals surface area contributed by atoms with Crippen molar-refractivity contribution in [2.45, 2.75) is 18.3 Å². The average molecular weight is 204 g/mol. The van der Waals surface area contributed by atoms with Crippen LogP contribution in [0.3, 0.4) is 0 Å². The first-order valence-electron chi connectivity index (χ1n) is 5.20. The van der Waals surface area contributed by atoms with Crippen LogP contribution in [-0.4, -0.2) is 26.9 Å². The van der Waals surface area contributed by atoms with Crippen molar-refractivity contribution in [1.29, 1.82) is 0 Å². The molecule has 1 radical (unpaired) electrons. The Bertz CT molecular complexity index is 290. The van der Waals surface area contributed by atoms with Crippen LogP contribution >= 0.6 is 0 Å². The van der Waals surface area contributed by atoms with Gasteiger partial charge in [-0.3, -0.25) is 0 Å². The lowest BCUT2D eigenvalue weighted by Gasteiger charge is -2.12. The van der Waals surface area contributed by atoms with E-state index in [1.165, 1.54) is 5.56 Å². The van der Waals surface area contributed by atoms with Crippen LogP contribution in [0.4, 0.5) is 0 Å². The van der Waals surface area contributed by atoms with Gasteiger partial charge in [0.15, 0.2) is 0 Å². The van der Waals surface area contributed by atoms with E-state index in [0.29, 0.717) is 11.9 Å². The molecule has 1 aromatic carbocycles. The van der Waals surface area contributed by atoms with Crippen molar-refractivity contribution in [3.05, 3.63) is 35.9 Å². The molecule has 2 atom stereocenters. The topological polar surface area (TPSA) is 47.8 Å². The number of rotatable bonds is 6. The zero-order valence-electron chi connectivity index (χ0n) is 8.63. The third-order valence-electron chi connectivity index (χ3n) is 2.52. The maximum Gasteiger partial charge on any atom is 0.300 e. The van der Waals surface area contributed by atoms with Gasteiger partial charge in [-0.1, -0.05) is 30.3 Å². The summed E-state index contributed by atoms with van der Waals surface area (Å²) >= 11 is 0. The maximum atomic E-state index is 5.30. The van der Waals surface area contributed by atoms with Crippen LogP contribution in [0.5, 0.6) is 0 Å². The molecule has 15 heavy (non-hydrogen) atoms. The van der Waals surface area contributed by atoms with E-state index in [1.807, 2.05) is 25.7 Å². The molecular weight excluding hydrogens is 189 g/mol. The predicted octanol–water partition coefficient (Wildman–Crippen LogP) is 0.968. The van der Waals surface area contributed by atoms with Gasteiger partial charge in [0, 0.05) is 0 Å². The molecular formula is C11H15BNO2. The second-order valence-electron chi connectivity index (χ2n) is 3.69. The summed E-state index contributed by atoms with van der Waals surface area (Å²) in [5.41, 5.74) is 6.60. The fraction of sp³-hybridized carbons (Fsp3) is 0.455. The van der Waals surface area contributed by atoms with E-state index >= 15 is 0 Å². The molecule has 1 heterocycles. The molecule has 4 heteroatoms. The zero-order valence-corrected chi connectivity index (χ0v) is 8.63. The molecule has 1 fully saturated rings. The van der Waals surface area contributed by atoms with Crippen molar-refractivity contribution in [3.63, 3.8) is 0 Å². The standard InChI is InChI=1S/C11H15BNO2/c13-8-15-12-10(11-7-14-11)6-9-4-2-1-3-5-9/h1-5,10-11H,6-8,13H2/t10?,11-/m1/s1. The summed E-state index contributed by atoms with van der Waals surface area (Å²) in [5.74, 6) is 0.316. The largest absolute Gasteiger partial charge is 0.428 e. The van der Waals surface area contributed by atoms with Crippen LogP contribution in [0.15, 0.2) is 30.3 Å². The molecule has 0 bridgehead atoms. The predicted molar refractivity (Wildman–Crippen MR) is 59.5 cm³/mol. The third-order valence-corrected chi connectivity index (χ3v) is 2.52. The minimum absolute atomic E-state index is 0.234. The first-order chi connectivity index (χ1) is 7.40. The van der Waals surface area contributed by atoms with Gasteiger partial charge in [0.05, 0.1) is 19.4 Å². The first-order valence-corrected chi connectivity index (χ1v) is 5.20. The second kappa shape index (κ2) is 5.30. The number of benzene rings is 1. The maximum absolute atomic E-state index is 5.30. The molecule has 0 amide bonds. The quantitative estimate of drug-likeness (QED) is 0.426. The Hall–Kier alpha value is -0.835. The molecule has 2 N–H and O–H groups in total. The van der Waals surface area contributed by atoms with Crippen LogP contribution in [0.25, 0.3) is 0 Å². The van der Waals surface area contributed by atoms with Gasteiger partial charge in [0.25, 0.3) is 0 Å². The molecule has 0 aromatic heterocycles. The van der Waals surface area contributed by atoms with Gasteiger partial charge in [0.1, 0.15) is 0 Å². The Morgan fingerprint density at radius 2 is 2.20 bits per heavy atom. The van der Waals surface area contributed by atoms with Crippen LogP contribution in [0, 0.1) is 0 Å². The molecule has 3 nitrogen and oxygen atoms in total. The van der Waals surface area contributed by atoms with Crippen molar-refractivity contribution >= 4 is 7.48 Å². The van der Waals surface area contributed by atoms with E-state index in [1.54, 1.807) is 0 Å². The van der Waals surface area contributed by atoms with E-state index in [2.05, 4.69) is 12.1 Å². The highest BCUT2D eigenvalue weighted by Crippen LogP contribution is 2.28. The Kier molecular flexibility index (Phi) is 3.77. The van der Waals surface area contributed by atoms with Gasteiger partial charge >= 0.3 is 7.48 Å². The molecule has 79 valence electrons. The molecule has 2 rings (SSSR count). The van der Waals surface area contributed by atoms with Gasteiger partial charge in [-0.05, 0) is 17.8 Å². The summed E-state index contributed by atoms with van der Waals surface area (Å²) < 4.78 is 10.4. The highest BCUT2D eigenvalue weighted by atomic mass is 16.6. The van der Waals surface area contributed by atoms with Crippen molar-refractivity contribution < 1.29 is 9.39 Å². The normalized spacial score (nSPS) is 21.0. The number of ether oxygens (including phenoxy) is 1. The molecule has 1 unspecified atom stereocenters. The second-order valence-corrected chi connectivity index (χ2v) is 3.69. The van der Waals surface area contributed by atoms with Crippen molar-refractivity contribution in [1.82, 2.24) is 0 Å². The Morgan fingerprint density at radius 1 is 1.47 bits per heavy atom. The summed E-state index contributed by atoms with van der Waals surface area (Å²) in [6.45, 7) is 1.07. The molecule has 1 aromatic rings. The summed E-state index contributed by atoms with van der Waals surface area (Å²) in [6.07, 6.45) is 1.27. The Morgan fingerprint density at radius 3 is 2.80 bits per heavy atom. The van der Waals surface area contributed by atoms with E-state index in [9.17, 15) is 0 Å². The lowest BCUT2D eigenvalue weighted by Crippen LogP contribution is -2.19. The van der Waals surface area contributed by atoms with Gasteiger partial charge in [-0.15, -0.1) is 0 Å². The number of nitrogens with two attached hydrogens (primary N) is 1. The highest BCUT2D eigenvalue weighted by molar-refractivity contribution is 6.30. The first kappa shape index (κ1) is 10.7. The third kappa shape index (κ3) is 3.34. The molecule has 0 saturated carbocycles. The van der Waals surface area contributed by atoms with Crippen LogP contribution < -0.4 is 5.73 Å². The summed E-state index contributed by atoms with van der Waals surface area (Å²) in [6, 6.07) is 10.3. The SMILES string of the molecule is NCO[B]C(Cc1ccccc1)[C@H]1CO1. The van der Waals surface area contributed by atoms with Gasteiger partial charge in [-0.2, -0.15) is 0 Å². The van der Waals surface area contributed by atoms with Gasteiger partial charge in [-0.25, -0.2) is 0 Å². The number of hydrogen-bond acceptors (Lipinski definition) is 3. The monoisotopic (exact) mass is 204 g/mol. The summed E-state index contributed by atoms with van der Waals surface area (Å²) in [7, 11) is 1.81. The van der Waals surface area contributed by atoms with E-state index in [4.69, 9.17) is 15.1 Å². The molecule has 1 aliphatic rings. The highest BCUT2D eigenvalue weighted by Gasteiger charge is 2.33. The van der Waals surface area contributed by atoms with Gasteiger partial charge in [0.2, 0.25) is 0 Å². The fourth-order valence-electron chi connectivity index (χ4n) is 1.64. The number of hydrogen-bond donors (Lipinski definition) is 1. The lowest BCUT2D eigenvalue weighted by molar-refractivity contribution is 0.325. The van der Waals surface area contributed by atoms with Crippen molar-refractivity contribution in [3.8, 4) is 0 Å². The van der Waals surface area contributed by atoms with E-state index < -0.39 is 0 Å². The lowest BCUT2D eigenvalue weighted by atomic mass is 9.74. The minimum atomic E-state index is 0.234. The Labute approximate surface area is 90.8 Å². The fourth-order valence-corrected chi connectivity index (χ4v) is 1.64. The van der Waals surface area contributed by atoms with Crippen molar-refractivity contribution in [2.24, 2.45) is 5.73 Å². The van der Waals surface area contributed by atoms with Gasteiger partial charge < -0.3 is 15.1 Å². The zero-order chi connectivity index (χ0) is 10.5. The molecule has 1 aliphatic heterocycles. The van der Waals surface area contributed by atoms with Crippen LogP contribution in [-0.2, 0) is 15.8 Å². The smallest absolute Gasteiger partial charge is 0.300 e. The molecule has 0 spiro atoms. The van der Waals surface area contributed by atoms with Crippen LogP contribution in [0.2, 0.25) is 5.82 Å². The van der Waals surface area contributed by atoms with E-state index in [-0.39, 0.29) is 6.73 Å². The van der Waals surface area contributed by atoms with E-state index in [0.717, 1.165) is 13.0 Å². The van der Waals surface area contributed by atoms with Crippen molar-refractivity contribution in [2.75, 3.05) is 13.3 Å². The van der Waals surface area contributed by atoms with Crippen LogP contribution in [0.1, 0.15) is 5.56 Å². The summed E-state index contributed by atoms with van der Waals surface area (Å²) in [4.78, 5) is 0. The average Bonchev–Trinajstić information content (AvgIpc) is 3.09. The Balaban J connectivity index is 1.88. The summed E-state index contributed by atoms with van der Waals surface area (Å²) in [5, 5.41) is 0. The molecule has 1 saturated heterocycles. The molecule has 0 aliphatic carbocycles. The minimum Gasteiger partial charge on any atom is -0.428 e.